The number of carbonyl (C=O) groups is 1. The lowest BCUT2D eigenvalue weighted by Gasteiger charge is -2.50. The van der Waals surface area contributed by atoms with Gasteiger partial charge in [0.15, 0.2) is 0 Å². The maximum Gasteiger partial charge on any atom is 0.343 e. The van der Waals surface area contributed by atoms with Gasteiger partial charge in [-0.1, -0.05) is 31.5 Å². The van der Waals surface area contributed by atoms with E-state index in [-0.39, 0.29) is 16.5 Å². The van der Waals surface area contributed by atoms with Crippen molar-refractivity contribution in [3.63, 3.8) is 0 Å². The molecule has 5 nitrogen and oxygen atoms in total. The van der Waals surface area contributed by atoms with Crippen LogP contribution in [0.4, 0.5) is 0 Å². The van der Waals surface area contributed by atoms with Gasteiger partial charge >= 0.3 is 5.97 Å². The number of pyridine rings is 1. The second-order valence-electron chi connectivity index (χ2n) is 8.75. The highest BCUT2D eigenvalue weighted by atomic mass is 16.5. The highest BCUT2D eigenvalue weighted by molar-refractivity contribution is 5.89. The van der Waals surface area contributed by atoms with Crippen LogP contribution in [0.15, 0.2) is 35.1 Å². The zero-order valence-electron chi connectivity index (χ0n) is 16.3. The van der Waals surface area contributed by atoms with Crippen LogP contribution < -0.4 is 5.56 Å². The average Bonchev–Trinajstić information content (AvgIpc) is 3.27. The van der Waals surface area contributed by atoms with Gasteiger partial charge in [-0.05, 0) is 54.5 Å². The van der Waals surface area contributed by atoms with Gasteiger partial charge in [0.25, 0.3) is 5.56 Å². The fourth-order valence-corrected chi connectivity index (χ4v) is 6.81. The third kappa shape index (κ3) is 1.68. The molecule has 5 heteroatoms. The Labute approximate surface area is 163 Å². The lowest BCUT2D eigenvalue weighted by molar-refractivity contribution is 0.0596. The Bertz CT molecular complexity index is 1090. The topological polar surface area (TPSA) is 51.5 Å². The number of hydrogen-bond acceptors (Lipinski definition) is 4. The molecule has 1 aliphatic carbocycles. The van der Waals surface area contributed by atoms with Crippen LogP contribution in [0.2, 0.25) is 0 Å². The van der Waals surface area contributed by atoms with E-state index in [2.05, 4.69) is 24.0 Å². The third-order valence-corrected chi connectivity index (χ3v) is 7.93. The molecule has 0 saturated carbocycles. The van der Waals surface area contributed by atoms with Gasteiger partial charge in [-0.25, -0.2) is 4.79 Å². The first-order valence-corrected chi connectivity index (χ1v) is 10.3. The van der Waals surface area contributed by atoms with Gasteiger partial charge in [-0.2, -0.15) is 0 Å². The van der Waals surface area contributed by atoms with Gasteiger partial charge < -0.3 is 4.74 Å². The molecule has 3 aliphatic heterocycles. The van der Waals surface area contributed by atoms with E-state index in [1.54, 1.807) is 0 Å². The van der Waals surface area contributed by atoms with Crippen molar-refractivity contribution in [3.8, 4) is 5.69 Å². The molecular formula is C23H24N2O3. The smallest absolute Gasteiger partial charge is 0.343 e. The molecule has 4 aliphatic rings. The van der Waals surface area contributed by atoms with Crippen LogP contribution in [0.25, 0.3) is 5.69 Å². The van der Waals surface area contributed by atoms with Crippen molar-refractivity contribution in [3.05, 3.63) is 63.1 Å². The molecule has 2 aromatic rings. The van der Waals surface area contributed by atoms with Crippen molar-refractivity contribution in [2.45, 2.75) is 43.6 Å². The Balaban J connectivity index is 1.76. The first-order valence-electron chi connectivity index (χ1n) is 10.3. The molecule has 0 N–H and O–H groups in total. The lowest BCUT2D eigenvalue weighted by atomic mass is 9.60. The molecule has 1 aromatic carbocycles. The molecule has 2 fully saturated rings. The largest absolute Gasteiger partial charge is 0.465 e. The van der Waals surface area contributed by atoms with E-state index < -0.39 is 5.97 Å². The summed E-state index contributed by atoms with van der Waals surface area (Å²) >= 11 is 0. The maximum atomic E-state index is 13.5. The first-order chi connectivity index (χ1) is 13.6. The van der Waals surface area contributed by atoms with Crippen LogP contribution in [-0.4, -0.2) is 41.7 Å². The molecule has 0 radical (unpaired) electrons. The van der Waals surface area contributed by atoms with E-state index in [9.17, 15) is 9.59 Å². The quantitative estimate of drug-likeness (QED) is 0.757. The molecular weight excluding hydrogens is 352 g/mol. The normalized spacial score (nSPS) is 31.4. The number of aromatic nitrogens is 1. The molecule has 28 heavy (non-hydrogen) atoms. The van der Waals surface area contributed by atoms with Crippen molar-refractivity contribution in [2.75, 3.05) is 20.2 Å². The van der Waals surface area contributed by atoms with Crippen molar-refractivity contribution in [1.29, 1.82) is 0 Å². The van der Waals surface area contributed by atoms with Crippen molar-refractivity contribution in [2.24, 2.45) is 5.92 Å². The van der Waals surface area contributed by atoms with Gasteiger partial charge in [0.05, 0.1) is 18.2 Å². The summed E-state index contributed by atoms with van der Waals surface area (Å²) in [5.74, 6) is 0.426. The fourth-order valence-electron chi connectivity index (χ4n) is 6.81. The molecule has 1 aromatic heterocycles. The Hall–Kier alpha value is -2.40. The summed E-state index contributed by atoms with van der Waals surface area (Å²) in [5, 5.41) is 0. The number of rotatable bonds is 2. The number of hydrogen-bond donors (Lipinski definition) is 0. The zero-order valence-corrected chi connectivity index (χ0v) is 16.3. The summed E-state index contributed by atoms with van der Waals surface area (Å²) in [4.78, 5) is 28.6. The predicted octanol–water partition coefficient (Wildman–Crippen LogP) is 2.83. The number of para-hydroxylation sites is 1. The Morgan fingerprint density at radius 1 is 1.32 bits per heavy atom. The zero-order chi connectivity index (χ0) is 19.2. The van der Waals surface area contributed by atoms with Crippen LogP contribution in [0.3, 0.4) is 0 Å². The number of fused-ring (bicyclic) bond motifs is 4. The van der Waals surface area contributed by atoms with Crippen LogP contribution >= 0.6 is 0 Å². The van der Waals surface area contributed by atoms with Crippen molar-refractivity contribution < 1.29 is 9.53 Å². The van der Waals surface area contributed by atoms with Crippen LogP contribution in [0.1, 0.15) is 59.3 Å². The number of carbonyl (C=O) groups excluding carboxylic acids is 1. The van der Waals surface area contributed by atoms with E-state index >= 15 is 0 Å². The molecule has 4 heterocycles. The fraction of sp³-hybridized carbons (Fsp3) is 0.478. The number of methoxy groups -OCH3 is 1. The molecule has 4 atom stereocenters. The van der Waals surface area contributed by atoms with Crippen LogP contribution in [-0.2, 0) is 10.2 Å². The molecule has 4 unspecified atom stereocenters. The second-order valence-corrected chi connectivity index (χ2v) is 8.75. The molecule has 6 rings (SSSR count). The SMILES string of the molecule is CCC1CN2CCC34c5ccccc5-n5c3c(cc(C(=O)OC)c5=O)C1CC24. The highest BCUT2D eigenvalue weighted by Crippen LogP contribution is 2.61. The standard InChI is InChI=1S/C23H24N2O3/c1-3-13-12-24-9-8-23-17-6-4-5-7-18(17)25-20(23)15(14(13)11-19(23)24)10-16(21(25)26)22(27)28-2/h4-7,10,13-14,19H,3,8-9,11-12H2,1-2H3. The third-order valence-electron chi connectivity index (χ3n) is 7.93. The van der Waals surface area contributed by atoms with E-state index in [0.717, 1.165) is 43.7 Å². The van der Waals surface area contributed by atoms with Gasteiger partial charge in [0.1, 0.15) is 5.56 Å². The van der Waals surface area contributed by atoms with E-state index in [4.69, 9.17) is 4.74 Å². The molecule has 1 spiro atoms. The van der Waals surface area contributed by atoms with Crippen molar-refractivity contribution >= 4 is 5.97 Å². The van der Waals surface area contributed by atoms with E-state index in [1.807, 2.05) is 22.8 Å². The number of esters is 1. The minimum Gasteiger partial charge on any atom is -0.465 e. The van der Waals surface area contributed by atoms with Gasteiger partial charge in [-0.15, -0.1) is 0 Å². The Kier molecular flexibility index (Phi) is 3.16. The summed E-state index contributed by atoms with van der Waals surface area (Å²) < 4.78 is 6.82. The lowest BCUT2D eigenvalue weighted by Crippen LogP contribution is -2.54. The maximum absolute atomic E-state index is 13.5. The van der Waals surface area contributed by atoms with E-state index in [0.29, 0.717) is 17.9 Å². The number of benzene rings is 1. The number of piperidine rings is 1. The Morgan fingerprint density at radius 3 is 2.93 bits per heavy atom. The number of ether oxygens (including phenoxy) is 1. The first kappa shape index (κ1) is 16.5. The predicted molar refractivity (Wildman–Crippen MR) is 105 cm³/mol. The summed E-state index contributed by atoms with van der Waals surface area (Å²) in [6, 6.07) is 10.6. The van der Waals surface area contributed by atoms with E-state index in [1.165, 1.54) is 18.2 Å². The van der Waals surface area contributed by atoms with Crippen LogP contribution in [0.5, 0.6) is 0 Å². The summed E-state index contributed by atoms with van der Waals surface area (Å²) in [5.41, 5.74) is 4.40. The Morgan fingerprint density at radius 2 is 2.14 bits per heavy atom. The van der Waals surface area contributed by atoms with Crippen molar-refractivity contribution in [1.82, 2.24) is 9.47 Å². The molecule has 2 saturated heterocycles. The minimum absolute atomic E-state index is 0.116. The second kappa shape index (κ2) is 5.35. The van der Waals surface area contributed by atoms with Gasteiger partial charge in [-0.3, -0.25) is 14.3 Å². The van der Waals surface area contributed by atoms with Gasteiger partial charge in [0.2, 0.25) is 0 Å². The minimum atomic E-state index is -0.533. The average molecular weight is 376 g/mol. The number of nitrogens with zero attached hydrogens (tertiary/aromatic N) is 2. The molecule has 2 bridgehead atoms. The summed E-state index contributed by atoms with van der Waals surface area (Å²) in [7, 11) is 1.35. The van der Waals surface area contributed by atoms with Gasteiger partial charge in [0, 0.05) is 18.3 Å². The highest BCUT2D eigenvalue weighted by Gasteiger charge is 2.62. The molecule has 0 amide bonds. The van der Waals surface area contributed by atoms with Crippen LogP contribution in [0, 0.1) is 5.92 Å². The summed E-state index contributed by atoms with van der Waals surface area (Å²) in [6.07, 6.45) is 3.26. The summed E-state index contributed by atoms with van der Waals surface area (Å²) in [6.45, 7) is 4.45. The monoisotopic (exact) mass is 376 g/mol. The molecule has 144 valence electrons.